The number of rotatable bonds is 2. The highest BCUT2D eigenvalue weighted by Gasteiger charge is 2.31. The molecule has 0 aliphatic heterocycles. The van der Waals surface area contributed by atoms with E-state index < -0.39 is 12.0 Å². The average Bonchev–Trinajstić information content (AvgIpc) is 2.63. The molecule has 0 bridgehead atoms. The van der Waals surface area contributed by atoms with Crippen LogP contribution in [-0.2, 0) is 17.6 Å². The van der Waals surface area contributed by atoms with Gasteiger partial charge in [-0.15, -0.1) is 0 Å². The van der Waals surface area contributed by atoms with Gasteiger partial charge in [0.2, 0.25) is 0 Å². The Kier molecular flexibility index (Phi) is 3.28. The lowest BCUT2D eigenvalue weighted by Gasteiger charge is -2.23. The molecule has 102 valence electrons. The number of hydrogen-bond donors (Lipinski definition) is 2. The lowest BCUT2D eigenvalue weighted by atomic mass is 9.83. The zero-order chi connectivity index (χ0) is 14.1. The van der Waals surface area contributed by atoms with Crippen molar-refractivity contribution in [3.8, 4) is 0 Å². The zero-order valence-electron chi connectivity index (χ0n) is 11.1. The summed E-state index contributed by atoms with van der Waals surface area (Å²) in [5.41, 5.74) is 10.5. The van der Waals surface area contributed by atoms with Gasteiger partial charge in [-0.2, -0.15) is 0 Å². The molecule has 0 spiro atoms. The Labute approximate surface area is 118 Å². The number of carboxylic acids is 1. The molecule has 0 fully saturated rings. The fourth-order valence-electron chi connectivity index (χ4n) is 3.10. The highest BCUT2D eigenvalue weighted by atomic mass is 16.4. The topological polar surface area (TPSA) is 63.3 Å². The molecule has 0 unspecified atom stereocenters. The first-order chi connectivity index (χ1) is 9.68. The highest BCUT2D eigenvalue weighted by molar-refractivity contribution is 5.76. The van der Waals surface area contributed by atoms with Crippen LogP contribution in [0.5, 0.6) is 0 Å². The van der Waals surface area contributed by atoms with Crippen molar-refractivity contribution in [3.63, 3.8) is 0 Å². The Balaban J connectivity index is 2.21. The smallest absolute Gasteiger partial charge is 0.321 e. The van der Waals surface area contributed by atoms with E-state index in [4.69, 9.17) is 5.73 Å². The number of aryl methyl sites for hydroxylation is 2. The third kappa shape index (κ3) is 2.10. The van der Waals surface area contributed by atoms with Crippen LogP contribution in [0.1, 0.15) is 28.2 Å². The SMILES string of the molecule is N[C@H](C(=O)O)C1c2ccccc2CCc2ccccc21. The predicted octanol–water partition coefficient (Wildman–Crippen LogP) is 2.33. The van der Waals surface area contributed by atoms with Crippen molar-refractivity contribution < 1.29 is 9.90 Å². The van der Waals surface area contributed by atoms with E-state index >= 15 is 0 Å². The number of carbonyl (C=O) groups is 1. The first-order valence-corrected chi connectivity index (χ1v) is 6.82. The second-order valence-corrected chi connectivity index (χ2v) is 5.24. The van der Waals surface area contributed by atoms with Crippen LogP contribution in [0.3, 0.4) is 0 Å². The van der Waals surface area contributed by atoms with Gasteiger partial charge in [0.15, 0.2) is 0 Å². The van der Waals surface area contributed by atoms with Crippen LogP contribution in [0.4, 0.5) is 0 Å². The Morgan fingerprint density at radius 2 is 1.45 bits per heavy atom. The van der Waals surface area contributed by atoms with Crippen LogP contribution in [0.25, 0.3) is 0 Å². The number of benzene rings is 2. The van der Waals surface area contributed by atoms with Crippen LogP contribution >= 0.6 is 0 Å². The third-order valence-corrected chi connectivity index (χ3v) is 4.09. The molecule has 0 saturated heterocycles. The fraction of sp³-hybridized carbons (Fsp3) is 0.235. The van der Waals surface area contributed by atoms with Crippen LogP contribution in [0.15, 0.2) is 48.5 Å². The summed E-state index contributed by atoms with van der Waals surface area (Å²) < 4.78 is 0. The number of nitrogens with two attached hydrogens (primary N) is 1. The van der Waals surface area contributed by atoms with Gasteiger partial charge < -0.3 is 10.8 Å². The molecule has 0 saturated carbocycles. The summed E-state index contributed by atoms with van der Waals surface area (Å²) in [6.07, 6.45) is 1.85. The normalized spacial score (nSPS) is 15.8. The standard InChI is InChI=1S/C17H17NO2/c18-16(17(19)20)15-13-7-3-1-5-11(13)9-10-12-6-2-4-8-14(12)15/h1-8,15-16H,9-10,18H2,(H,19,20)/t16-/m0/s1. The first-order valence-electron chi connectivity index (χ1n) is 6.82. The summed E-state index contributed by atoms with van der Waals surface area (Å²) in [5, 5.41) is 9.35. The molecular formula is C17H17NO2. The molecule has 2 aromatic rings. The van der Waals surface area contributed by atoms with E-state index in [1.165, 1.54) is 11.1 Å². The van der Waals surface area contributed by atoms with Gasteiger partial charge in [-0.05, 0) is 35.1 Å². The minimum atomic E-state index is -0.957. The maximum atomic E-state index is 11.4. The maximum Gasteiger partial charge on any atom is 0.321 e. The number of fused-ring (bicyclic) bond motifs is 2. The molecule has 20 heavy (non-hydrogen) atoms. The molecule has 1 aliphatic rings. The van der Waals surface area contributed by atoms with Crippen molar-refractivity contribution in [1.29, 1.82) is 0 Å². The average molecular weight is 267 g/mol. The minimum Gasteiger partial charge on any atom is -0.480 e. The molecule has 0 radical (unpaired) electrons. The molecule has 2 aromatic carbocycles. The van der Waals surface area contributed by atoms with Gasteiger partial charge in [0.25, 0.3) is 0 Å². The zero-order valence-corrected chi connectivity index (χ0v) is 11.1. The highest BCUT2D eigenvalue weighted by Crippen LogP contribution is 2.35. The molecule has 3 nitrogen and oxygen atoms in total. The van der Waals surface area contributed by atoms with E-state index in [0.717, 1.165) is 24.0 Å². The van der Waals surface area contributed by atoms with Crippen LogP contribution in [0, 0.1) is 0 Å². The summed E-state index contributed by atoms with van der Waals surface area (Å²) in [4.78, 5) is 11.4. The maximum absolute atomic E-state index is 11.4. The van der Waals surface area contributed by atoms with Gasteiger partial charge in [0.05, 0.1) is 0 Å². The van der Waals surface area contributed by atoms with Crippen LogP contribution in [0.2, 0.25) is 0 Å². The summed E-state index contributed by atoms with van der Waals surface area (Å²) >= 11 is 0. The molecule has 3 heteroatoms. The van der Waals surface area contributed by atoms with E-state index in [2.05, 4.69) is 12.1 Å². The van der Waals surface area contributed by atoms with E-state index in [-0.39, 0.29) is 5.92 Å². The van der Waals surface area contributed by atoms with Crippen molar-refractivity contribution >= 4 is 5.97 Å². The Morgan fingerprint density at radius 3 is 1.90 bits per heavy atom. The quantitative estimate of drug-likeness (QED) is 0.877. The van der Waals surface area contributed by atoms with Gasteiger partial charge in [0.1, 0.15) is 6.04 Å². The predicted molar refractivity (Wildman–Crippen MR) is 77.7 cm³/mol. The van der Waals surface area contributed by atoms with Gasteiger partial charge in [-0.25, -0.2) is 0 Å². The molecule has 1 aliphatic carbocycles. The Morgan fingerprint density at radius 1 is 1.00 bits per heavy atom. The number of hydrogen-bond acceptors (Lipinski definition) is 2. The molecular weight excluding hydrogens is 250 g/mol. The van der Waals surface area contributed by atoms with Crippen molar-refractivity contribution in [2.24, 2.45) is 5.73 Å². The summed E-state index contributed by atoms with van der Waals surface area (Å²) in [6.45, 7) is 0. The lowest BCUT2D eigenvalue weighted by Crippen LogP contribution is -2.37. The van der Waals surface area contributed by atoms with Gasteiger partial charge in [-0.3, -0.25) is 4.79 Å². The second-order valence-electron chi connectivity index (χ2n) is 5.24. The largest absolute Gasteiger partial charge is 0.480 e. The van der Waals surface area contributed by atoms with Gasteiger partial charge >= 0.3 is 5.97 Å². The summed E-state index contributed by atoms with van der Waals surface area (Å²) in [5.74, 6) is -1.23. The van der Waals surface area contributed by atoms with E-state index in [0.29, 0.717) is 0 Å². The van der Waals surface area contributed by atoms with Crippen molar-refractivity contribution in [1.82, 2.24) is 0 Å². The van der Waals surface area contributed by atoms with E-state index in [1.807, 2.05) is 36.4 Å². The second kappa shape index (κ2) is 5.10. The van der Waals surface area contributed by atoms with Crippen molar-refractivity contribution in [2.45, 2.75) is 24.8 Å². The van der Waals surface area contributed by atoms with Crippen LogP contribution in [-0.4, -0.2) is 17.1 Å². The van der Waals surface area contributed by atoms with E-state index in [1.54, 1.807) is 0 Å². The molecule has 3 N–H and O–H groups in total. The summed E-state index contributed by atoms with van der Waals surface area (Å²) in [7, 11) is 0. The molecule has 0 heterocycles. The lowest BCUT2D eigenvalue weighted by molar-refractivity contribution is -0.138. The van der Waals surface area contributed by atoms with Gasteiger partial charge in [0, 0.05) is 5.92 Å². The van der Waals surface area contributed by atoms with Crippen LogP contribution < -0.4 is 5.73 Å². The minimum absolute atomic E-state index is 0.276. The fourth-order valence-corrected chi connectivity index (χ4v) is 3.10. The molecule has 1 atom stereocenters. The molecule has 0 amide bonds. The number of aliphatic carboxylic acids is 1. The summed E-state index contributed by atoms with van der Waals surface area (Å²) in [6, 6.07) is 15.1. The monoisotopic (exact) mass is 267 g/mol. The molecule has 3 rings (SSSR count). The van der Waals surface area contributed by atoms with Crippen molar-refractivity contribution in [3.05, 3.63) is 70.8 Å². The first kappa shape index (κ1) is 12.9. The Hall–Kier alpha value is -2.13. The number of carboxylic acid groups (broad SMARTS) is 1. The third-order valence-electron chi connectivity index (χ3n) is 4.09. The van der Waals surface area contributed by atoms with Crippen molar-refractivity contribution in [2.75, 3.05) is 0 Å². The van der Waals surface area contributed by atoms with E-state index in [9.17, 15) is 9.90 Å². The Bertz CT molecular complexity index is 603. The van der Waals surface area contributed by atoms with Gasteiger partial charge in [-0.1, -0.05) is 48.5 Å². The molecule has 0 aromatic heterocycles.